The molecule has 0 radical (unpaired) electrons. The summed E-state index contributed by atoms with van der Waals surface area (Å²) in [6, 6.07) is 4.93. The Hall–Kier alpha value is -1.63. The fraction of sp³-hybridized carbons (Fsp3) is 0.462. The number of piperidine rings is 1. The number of carbonyl (C=O) groups is 1. The van der Waals surface area contributed by atoms with Crippen LogP contribution < -0.4 is 4.90 Å². The minimum absolute atomic E-state index is 0.0401. The first-order chi connectivity index (χ1) is 9.33. The van der Waals surface area contributed by atoms with Gasteiger partial charge in [-0.05, 0) is 31.9 Å². The first kappa shape index (κ1) is 14.8. The van der Waals surface area contributed by atoms with Crippen LogP contribution in [-0.2, 0) is 4.79 Å². The van der Waals surface area contributed by atoms with Crippen LogP contribution >= 0.6 is 15.9 Å². The van der Waals surface area contributed by atoms with Crippen molar-refractivity contribution < 1.29 is 14.8 Å². The van der Waals surface area contributed by atoms with Gasteiger partial charge < -0.3 is 10.0 Å². The molecule has 1 fully saturated rings. The molecule has 1 aliphatic rings. The average molecular weight is 343 g/mol. The Kier molecular flexibility index (Phi) is 3.99. The van der Waals surface area contributed by atoms with Gasteiger partial charge in [-0.3, -0.25) is 14.9 Å². The van der Waals surface area contributed by atoms with E-state index in [1.54, 1.807) is 19.1 Å². The predicted molar refractivity (Wildman–Crippen MR) is 78.0 cm³/mol. The van der Waals surface area contributed by atoms with E-state index in [2.05, 4.69) is 15.9 Å². The molecule has 7 heteroatoms. The quantitative estimate of drug-likeness (QED) is 0.674. The molecule has 1 aromatic rings. The normalized spacial score (nSPS) is 17.8. The van der Waals surface area contributed by atoms with Crippen molar-refractivity contribution in [2.24, 2.45) is 5.41 Å². The molecule has 0 unspecified atom stereocenters. The SMILES string of the molecule is CC1(C(=O)O)CCN(c2ccc(Br)cc2[N+](=O)[O-])CC1. The number of aliphatic carboxylic acids is 1. The van der Waals surface area contributed by atoms with E-state index in [4.69, 9.17) is 0 Å². The lowest BCUT2D eigenvalue weighted by atomic mass is 9.80. The second-order valence-electron chi connectivity index (χ2n) is 5.24. The molecular weight excluding hydrogens is 328 g/mol. The molecule has 6 nitrogen and oxygen atoms in total. The first-order valence-corrected chi connectivity index (χ1v) is 7.05. The van der Waals surface area contributed by atoms with Crippen molar-refractivity contribution in [3.8, 4) is 0 Å². The Morgan fingerprint density at radius 1 is 1.45 bits per heavy atom. The van der Waals surface area contributed by atoms with E-state index >= 15 is 0 Å². The molecule has 1 aromatic carbocycles. The molecule has 1 saturated heterocycles. The number of hydrogen-bond donors (Lipinski definition) is 1. The van der Waals surface area contributed by atoms with Crippen LogP contribution in [0, 0.1) is 15.5 Å². The molecule has 0 spiro atoms. The van der Waals surface area contributed by atoms with Gasteiger partial charge in [0.25, 0.3) is 5.69 Å². The molecule has 0 aliphatic carbocycles. The number of benzene rings is 1. The summed E-state index contributed by atoms with van der Waals surface area (Å²) in [4.78, 5) is 23.8. The van der Waals surface area contributed by atoms with E-state index in [9.17, 15) is 20.0 Å². The van der Waals surface area contributed by atoms with Crippen LogP contribution in [0.2, 0.25) is 0 Å². The van der Waals surface area contributed by atoms with Crippen LogP contribution in [-0.4, -0.2) is 29.1 Å². The second-order valence-corrected chi connectivity index (χ2v) is 6.16. The summed E-state index contributed by atoms with van der Waals surface area (Å²) in [5, 5.41) is 20.3. The molecule has 1 heterocycles. The average Bonchev–Trinajstić information content (AvgIpc) is 2.39. The van der Waals surface area contributed by atoms with Crippen LogP contribution in [0.15, 0.2) is 22.7 Å². The third kappa shape index (κ3) is 2.77. The van der Waals surface area contributed by atoms with Gasteiger partial charge in [-0.1, -0.05) is 15.9 Å². The molecule has 108 valence electrons. The lowest BCUT2D eigenvalue weighted by molar-refractivity contribution is -0.384. The van der Waals surface area contributed by atoms with Crippen molar-refractivity contribution in [3.63, 3.8) is 0 Å². The number of nitro groups is 1. The predicted octanol–water partition coefficient (Wildman–Crippen LogP) is 3.05. The van der Waals surface area contributed by atoms with Crippen LogP contribution in [0.5, 0.6) is 0 Å². The lowest BCUT2D eigenvalue weighted by Gasteiger charge is -2.37. The highest BCUT2D eigenvalue weighted by atomic mass is 79.9. The summed E-state index contributed by atoms with van der Waals surface area (Å²) < 4.78 is 0.653. The van der Waals surface area contributed by atoms with Gasteiger partial charge in [0.1, 0.15) is 5.69 Å². The molecule has 2 rings (SSSR count). The third-order valence-corrected chi connectivity index (χ3v) is 4.35. The highest BCUT2D eigenvalue weighted by Gasteiger charge is 2.38. The van der Waals surface area contributed by atoms with E-state index in [0.717, 1.165) is 0 Å². The molecule has 0 aromatic heterocycles. The highest BCUT2D eigenvalue weighted by Crippen LogP contribution is 2.37. The van der Waals surface area contributed by atoms with Crippen LogP contribution in [0.4, 0.5) is 11.4 Å². The van der Waals surface area contributed by atoms with Crippen molar-refractivity contribution in [2.45, 2.75) is 19.8 Å². The van der Waals surface area contributed by atoms with E-state index in [1.165, 1.54) is 6.07 Å². The zero-order valence-corrected chi connectivity index (χ0v) is 12.6. The van der Waals surface area contributed by atoms with Crippen LogP contribution in [0.1, 0.15) is 19.8 Å². The summed E-state index contributed by atoms with van der Waals surface area (Å²) in [6.45, 7) is 2.74. The summed E-state index contributed by atoms with van der Waals surface area (Å²) in [5.74, 6) is -0.803. The molecule has 1 aliphatic heterocycles. The number of carboxylic acids is 1. The Labute approximate surface area is 124 Å². The van der Waals surface area contributed by atoms with E-state index in [0.29, 0.717) is 36.1 Å². The van der Waals surface area contributed by atoms with Gasteiger partial charge in [0.15, 0.2) is 0 Å². The number of carboxylic acid groups (broad SMARTS) is 1. The second kappa shape index (κ2) is 5.40. The molecule has 1 N–H and O–H groups in total. The maximum atomic E-state index is 11.2. The molecule has 20 heavy (non-hydrogen) atoms. The number of nitro benzene ring substituents is 1. The van der Waals surface area contributed by atoms with Crippen molar-refractivity contribution in [3.05, 3.63) is 32.8 Å². The number of hydrogen-bond acceptors (Lipinski definition) is 4. The standard InChI is InChI=1S/C13H15BrN2O4/c1-13(12(17)18)4-6-15(7-5-13)10-3-2-9(14)8-11(10)16(19)20/h2-3,8H,4-7H2,1H3,(H,17,18). The van der Waals surface area contributed by atoms with Gasteiger partial charge in [-0.2, -0.15) is 0 Å². The monoisotopic (exact) mass is 342 g/mol. The molecule has 0 saturated carbocycles. The largest absolute Gasteiger partial charge is 0.481 e. The molecule has 0 bridgehead atoms. The van der Waals surface area contributed by atoms with E-state index < -0.39 is 16.3 Å². The van der Waals surface area contributed by atoms with Crippen molar-refractivity contribution in [1.82, 2.24) is 0 Å². The first-order valence-electron chi connectivity index (χ1n) is 6.26. The van der Waals surface area contributed by atoms with Gasteiger partial charge in [-0.25, -0.2) is 0 Å². The highest BCUT2D eigenvalue weighted by molar-refractivity contribution is 9.10. The van der Waals surface area contributed by atoms with E-state index in [1.807, 2.05) is 4.90 Å². The van der Waals surface area contributed by atoms with Crippen LogP contribution in [0.3, 0.4) is 0 Å². The summed E-state index contributed by atoms with van der Waals surface area (Å²) in [7, 11) is 0. The number of anilines is 1. The Bertz CT molecular complexity index is 553. The van der Waals surface area contributed by atoms with Crippen molar-refractivity contribution in [1.29, 1.82) is 0 Å². The summed E-state index contributed by atoms with van der Waals surface area (Å²) in [6.07, 6.45) is 0.963. The third-order valence-electron chi connectivity index (χ3n) is 3.86. The van der Waals surface area contributed by atoms with Crippen LogP contribution in [0.25, 0.3) is 0 Å². The smallest absolute Gasteiger partial charge is 0.309 e. The van der Waals surface area contributed by atoms with Gasteiger partial charge >= 0.3 is 5.97 Å². The Morgan fingerprint density at radius 2 is 2.05 bits per heavy atom. The Balaban J connectivity index is 2.23. The van der Waals surface area contributed by atoms with Crippen molar-refractivity contribution >= 4 is 33.3 Å². The number of halogens is 1. The summed E-state index contributed by atoms with van der Waals surface area (Å²) in [5.41, 5.74) is -0.148. The minimum Gasteiger partial charge on any atom is -0.481 e. The van der Waals surface area contributed by atoms with E-state index in [-0.39, 0.29) is 5.69 Å². The topological polar surface area (TPSA) is 83.7 Å². The maximum Gasteiger partial charge on any atom is 0.309 e. The molecular formula is C13H15BrN2O4. The maximum absolute atomic E-state index is 11.2. The molecule has 0 amide bonds. The van der Waals surface area contributed by atoms with Gasteiger partial charge in [0.05, 0.1) is 10.3 Å². The Morgan fingerprint density at radius 3 is 2.55 bits per heavy atom. The molecule has 0 atom stereocenters. The zero-order chi connectivity index (χ0) is 14.9. The number of rotatable bonds is 3. The van der Waals surface area contributed by atoms with Gasteiger partial charge in [0.2, 0.25) is 0 Å². The fourth-order valence-corrected chi connectivity index (χ4v) is 2.71. The minimum atomic E-state index is -0.803. The van der Waals surface area contributed by atoms with Gasteiger partial charge in [-0.15, -0.1) is 0 Å². The number of nitrogens with zero attached hydrogens (tertiary/aromatic N) is 2. The summed E-state index contributed by atoms with van der Waals surface area (Å²) >= 11 is 3.23. The zero-order valence-electron chi connectivity index (χ0n) is 11.0. The van der Waals surface area contributed by atoms with Gasteiger partial charge in [0, 0.05) is 23.6 Å². The lowest BCUT2D eigenvalue weighted by Crippen LogP contribution is -2.42. The fourth-order valence-electron chi connectivity index (χ4n) is 2.37. The van der Waals surface area contributed by atoms with Crippen molar-refractivity contribution in [2.75, 3.05) is 18.0 Å².